The molecule has 3 aromatic rings. The fourth-order valence-corrected chi connectivity index (χ4v) is 1.87. The molecule has 100 valence electrons. The first-order valence-electron chi connectivity index (χ1n) is 5.57. The van der Waals surface area contributed by atoms with Gasteiger partial charge in [-0.15, -0.1) is 0 Å². The molecule has 0 aliphatic rings. The number of aromatic nitrogens is 4. The number of anilines is 2. The maximum atomic E-state index is 11.1. The maximum absolute atomic E-state index is 11.1. The van der Waals surface area contributed by atoms with Gasteiger partial charge in [-0.05, 0) is 18.2 Å². The van der Waals surface area contributed by atoms with Gasteiger partial charge in [-0.3, -0.25) is 10.1 Å². The third-order valence-corrected chi connectivity index (χ3v) is 2.76. The molecule has 0 aliphatic carbocycles. The lowest BCUT2D eigenvalue weighted by Gasteiger charge is -2.04. The van der Waals surface area contributed by atoms with Crippen LogP contribution in [0.15, 0.2) is 30.6 Å². The van der Waals surface area contributed by atoms with Gasteiger partial charge in [0.05, 0.1) is 16.6 Å². The largest absolute Gasteiger partial charge is 0.399 e. The highest BCUT2D eigenvalue weighted by Gasteiger charge is 2.20. The van der Waals surface area contributed by atoms with Crippen molar-refractivity contribution in [2.45, 2.75) is 0 Å². The van der Waals surface area contributed by atoms with Gasteiger partial charge in [0, 0.05) is 11.1 Å². The van der Waals surface area contributed by atoms with Gasteiger partial charge >= 0.3 is 5.69 Å². The molecule has 4 N–H and O–H groups in total. The molecule has 0 unspecified atom stereocenters. The highest BCUT2D eigenvalue weighted by Crippen LogP contribution is 2.25. The monoisotopic (exact) mass is 271 g/mol. The number of hydrogen-bond acceptors (Lipinski definition) is 7. The Morgan fingerprint density at radius 1 is 1.25 bits per heavy atom. The maximum Gasteiger partial charge on any atom is 0.332 e. The summed E-state index contributed by atoms with van der Waals surface area (Å²) in [5, 5.41) is 15.9. The number of nitrogens with two attached hydrogens (primary N) is 2. The van der Waals surface area contributed by atoms with E-state index in [2.05, 4.69) is 15.1 Å². The van der Waals surface area contributed by atoms with Crippen molar-refractivity contribution in [1.29, 1.82) is 0 Å². The fourth-order valence-electron chi connectivity index (χ4n) is 1.87. The first-order chi connectivity index (χ1) is 9.56. The van der Waals surface area contributed by atoms with E-state index in [1.54, 1.807) is 24.4 Å². The summed E-state index contributed by atoms with van der Waals surface area (Å²) in [6.07, 6.45) is 2.62. The van der Waals surface area contributed by atoms with Crippen LogP contribution in [0.5, 0.6) is 0 Å². The van der Waals surface area contributed by atoms with Gasteiger partial charge < -0.3 is 11.5 Å². The number of nitrogens with zero attached hydrogens (tertiary/aromatic N) is 5. The first kappa shape index (κ1) is 11.8. The van der Waals surface area contributed by atoms with Crippen molar-refractivity contribution in [3.63, 3.8) is 0 Å². The van der Waals surface area contributed by atoms with E-state index in [0.717, 1.165) is 11.6 Å². The molecule has 2 heterocycles. The molecule has 20 heavy (non-hydrogen) atoms. The van der Waals surface area contributed by atoms with Crippen LogP contribution in [0.1, 0.15) is 0 Å². The Hall–Kier alpha value is -3.23. The Bertz CT molecular complexity index is 827. The fraction of sp³-hybridized carbons (Fsp3) is 0. The molecule has 0 fully saturated rings. The van der Waals surface area contributed by atoms with Crippen LogP contribution in [-0.2, 0) is 0 Å². The third kappa shape index (κ3) is 1.77. The van der Waals surface area contributed by atoms with Gasteiger partial charge in [0.25, 0.3) is 0 Å². The minimum Gasteiger partial charge on any atom is -0.399 e. The molecule has 0 spiro atoms. The SMILES string of the molecule is Nc1ccc2cnn(-c3nc(N)ncc3[N+](=O)[O-])c2c1. The number of fused-ring (bicyclic) bond motifs is 1. The van der Waals surface area contributed by atoms with E-state index in [1.165, 1.54) is 4.68 Å². The topological polar surface area (TPSA) is 139 Å². The second kappa shape index (κ2) is 4.16. The normalized spacial score (nSPS) is 10.8. The van der Waals surface area contributed by atoms with Crippen LogP contribution in [0.3, 0.4) is 0 Å². The molecule has 9 heteroatoms. The second-order valence-corrected chi connectivity index (χ2v) is 4.07. The van der Waals surface area contributed by atoms with Crippen molar-refractivity contribution < 1.29 is 4.92 Å². The van der Waals surface area contributed by atoms with E-state index in [9.17, 15) is 10.1 Å². The lowest BCUT2D eigenvalue weighted by Crippen LogP contribution is -2.07. The zero-order valence-corrected chi connectivity index (χ0v) is 10.1. The summed E-state index contributed by atoms with van der Waals surface area (Å²) in [7, 11) is 0. The van der Waals surface area contributed by atoms with E-state index in [1.807, 2.05) is 0 Å². The summed E-state index contributed by atoms with van der Waals surface area (Å²) in [6.45, 7) is 0. The predicted molar refractivity (Wildman–Crippen MR) is 72.1 cm³/mol. The van der Waals surface area contributed by atoms with Gasteiger partial charge in [0.15, 0.2) is 0 Å². The molecule has 0 radical (unpaired) electrons. The van der Waals surface area contributed by atoms with Gasteiger partial charge in [-0.2, -0.15) is 10.1 Å². The zero-order chi connectivity index (χ0) is 14.3. The third-order valence-electron chi connectivity index (χ3n) is 2.76. The molecule has 0 aliphatic heterocycles. The number of rotatable bonds is 2. The van der Waals surface area contributed by atoms with Crippen molar-refractivity contribution in [3.8, 4) is 5.82 Å². The van der Waals surface area contributed by atoms with E-state index in [0.29, 0.717) is 11.2 Å². The molecule has 0 amide bonds. The number of hydrogen-bond donors (Lipinski definition) is 2. The summed E-state index contributed by atoms with van der Waals surface area (Å²) in [5.41, 5.74) is 12.1. The summed E-state index contributed by atoms with van der Waals surface area (Å²) < 4.78 is 1.32. The Kier molecular flexibility index (Phi) is 2.46. The molecular weight excluding hydrogens is 262 g/mol. The molecule has 0 atom stereocenters. The van der Waals surface area contributed by atoms with Crippen molar-refractivity contribution in [2.75, 3.05) is 11.5 Å². The van der Waals surface area contributed by atoms with Crippen molar-refractivity contribution >= 4 is 28.2 Å². The molecule has 1 aromatic carbocycles. The molecule has 0 saturated carbocycles. The average molecular weight is 271 g/mol. The lowest BCUT2D eigenvalue weighted by atomic mass is 10.2. The van der Waals surface area contributed by atoms with Crippen LogP contribution < -0.4 is 11.5 Å². The highest BCUT2D eigenvalue weighted by atomic mass is 16.6. The van der Waals surface area contributed by atoms with Crippen molar-refractivity contribution in [2.24, 2.45) is 0 Å². The van der Waals surface area contributed by atoms with Gasteiger partial charge in [-0.25, -0.2) is 9.67 Å². The van der Waals surface area contributed by atoms with Gasteiger partial charge in [0.1, 0.15) is 6.20 Å². The minimum atomic E-state index is -0.589. The van der Waals surface area contributed by atoms with E-state index < -0.39 is 4.92 Å². The van der Waals surface area contributed by atoms with Crippen LogP contribution in [0, 0.1) is 10.1 Å². The average Bonchev–Trinajstić information content (AvgIpc) is 2.81. The molecule has 0 saturated heterocycles. The number of benzene rings is 1. The van der Waals surface area contributed by atoms with Crippen molar-refractivity contribution in [3.05, 3.63) is 40.7 Å². The molecular formula is C11H9N7O2. The van der Waals surface area contributed by atoms with Crippen LogP contribution in [0.2, 0.25) is 0 Å². The molecule has 0 bridgehead atoms. The minimum absolute atomic E-state index is 0.00287. The Morgan fingerprint density at radius 2 is 2.05 bits per heavy atom. The van der Waals surface area contributed by atoms with E-state index >= 15 is 0 Å². The molecule has 3 rings (SSSR count). The predicted octanol–water partition coefficient (Wildman–Crippen LogP) is 0.888. The number of nitro groups is 1. The van der Waals surface area contributed by atoms with Crippen LogP contribution in [0.4, 0.5) is 17.3 Å². The smallest absolute Gasteiger partial charge is 0.332 e. The van der Waals surface area contributed by atoms with Crippen LogP contribution >= 0.6 is 0 Å². The van der Waals surface area contributed by atoms with Crippen LogP contribution in [-0.4, -0.2) is 24.7 Å². The van der Waals surface area contributed by atoms with Crippen molar-refractivity contribution in [1.82, 2.24) is 19.7 Å². The molecule has 2 aromatic heterocycles. The summed E-state index contributed by atoms with van der Waals surface area (Å²) >= 11 is 0. The summed E-state index contributed by atoms with van der Waals surface area (Å²) in [5.74, 6) is -0.0683. The Balaban J connectivity index is 2.33. The summed E-state index contributed by atoms with van der Waals surface area (Å²) in [4.78, 5) is 18.0. The molecule has 9 nitrogen and oxygen atoms in total. The highest BCUT2D eigenvalue weighted by molar-refractivity contribution is 5.83. The standard InChI is InChI=1S/C11H9N7O2/c12-7-2-1-6-4-15-17(8(6)3-7)10-9(18(19)20)5-14-11(13)16-10/h1-5H,12H2,(H2,13,14,16). The van der Waals surface area contributed by atoms with Crippen LogP contribution in [0.25, 0.3) is 16.7 Å². The van der Waals surface area contributed by atoms with Gasteiger partial charge in [-0.1, -0.05) is 0 Å². The van der Waals surface area contributed by atoms with E-state index in [4.69, 9.17) is 11.5 Å². The van der Waals surface area contributed by atoms with E-state index in [-0.39, 0.29) is 17.5 Å². The van der Waals surface area contributed by atoms with Gasteiger partial charge in [0.2, 0.25) is 11.8 Å². The second-order valence-electron chi connectivity index (χ2n) is 4.07. The first-order valence-corrected chi connectivity index (χ1v) is 5.57. The number of nitrogen functional groups attached to an aromatic ring is 2. The Labute approximate surface area is 112 Å². The zero-order valence-electron chi connectivity index (χ0n) is 10.1. The summed E-state index contributed by atoms with van der Waals surface area (Å²) in [6, 6.07) is 5.14. The lowest BCUT2D eigenvalue weighted by molar-refractivity contribution is -0.385. The Morgan fingerprint density at radius 3 is 2.80 bits per heavy atom. The quantitative estimate of drug-likeness (QED) is 0.400.